The van der Waals surface area contributed by atoms with E-state index in [0.29, 0.717) is 41.8 Å². The molecule has 404 valence electrons. The van der Waals surface area contributed by atoms with Gasteiger partial charge in [0.15, 0.2) is 5.34 Å². The molecular formula is C59H73O14PS. The molecule has 0 fully saturated rings. The maximum Gasteiger partial charge on any atom is 0.356 e. The summed E-state index contributed by atoms with van der Waals surface area (Å²) in [5.41, 5.74) is -0.982. The summed E-state index contributed by atoms with van der Waals surface area (Å²) in [6, 6.07) is 57.7. The Morgan fingerprint density at radius 3 is 1.05 bits per heavy atom. The average Bonchev–Trinajstić information content (AvgIpc) is 3.44. The lowest BCUT2D eigenvalue weighted by Gasteiger charge is -2.36. The molecule has 0 aromatic heterocycles. The minimum atomic E-state index is -4.60. The van der Waals surface area contributed by atoms with E-state index in [1.165, 1.54) is 13.8 Å². The highest BCUT2D eigenvalue weighted by atomic mass is 32.2. The van der Waals surface area contributed by atoms with Gasteiger partial charge in [-0.25, -0.2) is 0 Å². The number of thioether (sulfide) groups is 1. The van der Waals surface area contributed by atoms with Gasteiger partial charge < -0.3 is 61.9 Å². The molecule has 6 unspecified atom stereocenters. The minimum Gasteiger partial charge on any atom is -0.491 e. The molecule has 0 aliphatic rings. The Bertz CT molecular complexity index is 2420. The lowest BCUT2D eigenvalue weighted by molar-refractivity contribution is -0.175. The summed E-state index contributed by atoms with van der Waals surface area (Å²) in [7, 11) is -4.60. The standard InChI is InChI=1S/C59H73O14PS/c1-5-59(4,46-72-58(2,3)74(60,61)62)73-55(42-66-50-30-18-9-19-31-50)43-70-53(37-64-48-26-14-7-15-27-48)40-68-52(36-63-47-24-12-6-13-25-47)39-69-54(38-65-49-28-16-8-17-29-49)41-71-56(44-67-51-32-20-10-21-33-51)45-75-57-34-22-11-23-35-57/h6-35,52-56H,5,36-46H2,1-4H3,(H2,60,61,62). The van der Waals surface area contributed by atoms with E-state index in [-0.39, 0.29) is 65.6 Å². The van der Waals surface area contributed by atoms with Crippen molar-refractivity contribution in [2.75, 3.05) is 71.8 Å². The number of hydrogen-bond acceptors (Lipinski definition) is 13. The highest BCUT2D eigenvalue weighted by molar-refractivity contribution is 7.99. The molecule has 2 N–H and O–H groups in total. The van der Waals surface area contributed by atoms with Crippen molar-refractivity contribution in [1.29, 1.82) is 0 Å². The van der Waals surface area contributed by atoms with E-state index in [1.807, 2.05) is 184 Å². The van der Waals surface area contributed by atoms with Gasteiger partial charge in [0.2, 0.25) is 0 Å². The Kier molecular flexibility index (Phi) is 24.8. The predicted molar refractivity (Wildman–Crippen MR) is 291 cm³/mol. The van der Waals surface area contributed by atoms with Crippen LogP contribution in [0.25, 0.3) is 0 Å². The first-order chi connectivity index (χ1) is 36.3. The normalized spacial score (nSPS) is 14.6. The molecular weight excluding hydrogens is 996 g/mol. The summed E-state index contributed by atoms with van der Waals surface area (Å²) in [5, 5.41) is -1.73. The molecule has 0 amide bonds. The van der Waals surface area contributed by atoms with Crippen molar-refractivity contribution in [1.82, 2.24) is 0 Å². The van der Waals surface area contributed by atoms with E-state index in [0.717, 1.165) is 10.6 Å². The predicted octanol–water partition coefficient (Wildman–Crippen LogP) is 11.2. The van der Waals surface area contributed by atoms with Crippen LogP contribution in [-0.4, -0.2) is 123 Å². The number of para-hydroxylation sites is 5. The van der Waals surface area contributed by atoms with Crippen LogP contribution in [0.1, 0.15) is 34.1 Å². The molecule has 0 bridgehead atoms. The second-order valence-corrected chi connectivity index (χ2v) is 21.6. The molecule has 0 radical (unpaired) electrons. The van der Waals surface area contributed by atoms with Gasteiger partial charge in [-0.3, -0.25) is 4.57 Å². The Hall–Kier alpha value is -5.42. The first-order valence-corrected chi connectivity index (χ1v) is 27.9. The van der Waals surface area contributed by atoms with Crippen LogP contribution in [0.2, 0.25) is 0 Å². The summed E-state index contributed by atoms with van der Waals surface area (Å²) in [6.07, 6.45) is -2.29. The highest BCUT2D eigenvalue weighted by Crippen LogP contribution is 2.51. The molecule has 14 nitrogen and oxygen atoms in total. The van der Waals surface area contributed by atoms with Crippen molar-refractivity contribution in [2.24, 2.45) is 0 Å². The molecule has 6 atom stereocenters. The quantitative estimate of drug-likeness (QED) is 0.0280. The van der Waals surface area contributed by atoms with E-state index in [2.05, 4.69) is 12.1 Å². The zero-order valence-corrected chi connectivity index (χ0v) is 45.1. The smallest absolute Gasteiger partial charge is 0.356 e. The molecule has 0 spiro atoms. The van der Waals surface area contributed by atoms with Crippen LogP contribution < -0.4 is 23.7 Å². The van der Waals surface area contributed by atoms with Gasteiger partial charge in [-0.1, -0.05) is 116 Å². The topological polar surface area (TPSA) is 159 Å². The molecule has 6 aromatic carbocycles. The fourth-order valence-electron chi connectivity index (χ4n) is 6.94. The summed E-state index contributed by atoms with van der Waals surface area (Å²) in [4.78, 5) is 21.1. The van der Waals surface area contributed by atoms with Gasteiger partial charge in [-0.2, -0.15) is 0 Å². The van der Waals surface area contributed by atoms with E-state index >= 15 is 0 Å². The summed E-state index contributed by atoms with van der Waals surface area (Å²) < 4.78 is 82.7. The molecule has 6 rings (SSSR count). The average molecular weight is 1070 g/mol. The Balaban J connectivity index is 1.19. The van der Waals surface area contributed by atoms with Gasteiger partial charge in [0.1, 0.15) is 92.3 Å². The fraction of sp³-hybridized carbons (Fsp3) is 0.390. The lowest BCUT2D eigenvalue weighted by atomic mass is 10.0. The van der Waals surface area contributed by atoms with Gasteiger partial charge in [0.25, 0.3) is 0 Å². The largest absolute Gasteiger partial charge is 0.491 e. The number of hydrogen-bond donors (Lipinski definition) is 2. The maximum absolute atomic E-state index is 12.3. The van der Waals surface area contributed by atoms with Crippen molar-refractivity contribution >= 4 is 19.4 Å². The first kappa shape index (κ1) is 58.8. The minimum absolute atomic E-state index is 0.0338. The van der Waals surface area contributed by atoms with Gasteiger partial charge in [0.05, 0.1) is 38.6 Å². The summed E-state index contributed by atoms with van der Waals surface area (Å²) in [5.74, 6) is 4.04. The summed E-state index contributed by atoms with van der Waals surface area (Å²) in [6.45, 7) is 7.63. The molecule has 0 aliphatic heterocycles. The SMILES string of the molecule is CCC(C)(COC(C)(C)P(=O)(O)O)OC(COc1ccccc1)COC(COc1ccccc1)COC(COc1ccccc1)COC(COc1ccccc1)COC(COc1ccccc1)CSc1ccccc1. The van der Waals surface area contributed by atoms with E-state index in [1.54, 1.807) is 11.8 Å². The van der Waals surface area contributed by atoms with Crippen LogP contribution >= 0.6 is 19.4 Å². The molecule has 0 saturated heterocycles. The third kappa shape index (κ3) is 22.4. The molecule has 0 heterocycles. The highest BCUT2D eigenvalue weighted by Gasteiger charge is 2.41. The Labute approximate surface area is 447 Å². The lowest BCUT2D eigenvalue weighted by Crippen LogP contribution is -2.45. The second kappa shape index (κ2) is 31.6. The number of rotatable bonds is 37. The molecule has 0 aliphatic carbocycles. The maximum atomic E-state index is 12.3. The van der Waals surface area contributed by atoms with Crippen molar-refractivity contribution in [2.45, 2.75) is 80.5 Å². The van der Waals surface area contributed by atoms with Crippen LogP contribution in [0.5, 0.6) is 28.7 Å². The van der Waals surface area contributed by atoms with Gasteiger partial charge in [0, 0.05) is 10.6 Å². The van der Waals surface area contributed by atoms with Crippen molar-refractivity contribution in [3.8, 4) is 28.7 Å². The number of ether oxygens (including phenoxy) is 11. The monoisotopic (exact) mass is 1070 g/mol. The van der Waals surface area contributed by atoms with Gasteiger partial charge in [-0.15, -0.1) is 11.8 Å². The zero-order chi connectivity index (χ0) is 53.0. The van der Waals surface area contributed by atoms with Crippen molar-refractivity contribution < 1.29 is 66.5 Å². The molecule has 75 heavy (non-hydrogen) atoms. The second-order valence-electron chi connectivity index (χ2n) is 18.4. The van der Waals surface area contributed by atoms with Crippen LogP contribution in [0, 0.1) is 0 Å². The summed E-state index contributed by atoms with van der Waals surface area (Å²) >= 11 is 1.69. The third-order valence-corrected chi connectivity index (χ3v) is 14.5. The van der Waals surface area contributed by atoms with Gasteiger partial charge in [-0.05, 0) is 100.0 Å². The molecule has 0 saturated carbocycles. The van der Waals surface area contributed by atoms with E-state index in [4.69, 9.17) is 52.1 Å². The fourth-order valence-corrected chi connectivity index (χ4v) is 8.09. The van der Waals surface area contributed by atoms with Gasteiger partial charge >= 0.3 is 7.60 Å². The van der Waals surface area contributed by atoms with E-state index < -0.39 is 43.0 Å². The third-order valence-electron chi connectivity index (χ3n) is 11.8. The van der Waals surface area contributed by atoms with E-state index in [9.17, 15) is 14.4 Å². The number of benzene rings is 6. The molecule has 6 aromatic rings. The molecule has 16 heteroatoms. The Morgan fingerprint density at radius 2 is 0.720 bits per heavy atom. The van der Waals surface area contributed by atoms with Crippen molar-refractivity contribution in [3.05, 3.63) is 182 Å². The first-order valence-electron chi connectivity index (χ1n) is 25.3. The van der Waals surface area contributed by atoms with Crippen LogP contribution in [0.3, 0.4) is 0 Å². The van der Waals surface area contributed by atoms with Crippen LogP contribution in [-0.2, 0) is 33.0 Å². The Morgan fingerprint density at radius 1 is 0.427 bits per heavy atom. The van der Waals surface area contributed by atoms with Crippen molar-refractivity contribution in [3.63, 3.8) is 0 Å². The van der Waals surface area contributed by atoms with Crippen LogP contribution in [0.4, 0.5) is 0 Å². The zero-order valence-electron chi connectivity index (χ0n) is 43.3. The van der Waals surface area contributed by atoms with Crippen LogP contribution in [0.15, 0.2) is 187 Å².